The lowest BCUT2D eigenvalue weighted by Gasteiger charge is -2.14. The van der Waals surface area contributed by atoms with Gasteiger partial charge in [0, 0.05) is 15.5 Å². The van der Waals surface area contributed by atoms with Crippen LogP contribution in [0.5, 0.6) is 11.5 Å². The molecule has 0 saturated carbocycles. The molecule has 6 nitrogen and oxygen atoms in total. The van der Waals surface area contributed by atoms with Crippen LogP contribution in [0.4, 0.5) is 11.4 Å². The van der Waals surface area contributed by atoms with Gasteiger partial charge in [-0.15, -0.1) is 0 Å². The van der Waals surface area contributed by atoms with Crippen molar-refractivity contribution in [2.75, 3.05) is 24.9 Å². The monoisotopic (exact) mass is 474 g/mol. The van der Waals surface area contributed by atoms with E-state index in [0.717, 1.165) is 0 Å². The molecular weight excluding hydrogens is 459 g/mol. The molecule has 0 aromatic heterocycles. The molecule has 0 saturated heterocycles. The number of nitrogens with one attached hydrogen (secondary N) is 2. The Kier molecular flexibility index (Phi) is 6.49. The molecule has 0 fully saturated rings. The van der Waals surface area contributed by atoms with E-state index in [0.29, 0.717) is 37.0 Å². The van der Waals surface area contributed by atoms with Gasteiger partial charge in [-0.25, -0.2) is 0 Å². The largest absolute Gasteiger partial charge is 0.493 e. The summed E-state index contributed by atoms with van der Waals surface area (Å²) in [5.74, 6) is 0.365. The van der Waals surface area contributed by atoms with Gasteiger partial charge in [-0.1, -0.05) is 11.6 Å². The van der Waals surface area contributed by atoms with E-state index in [1.165, 1.54) is 21.1 Å². The molecule has 0 bridgehead atoms. The van der Waals surface area contributed by atoms with Crippen molar-refractivity contribution < 1.29 is 19.1 Å². The van der Waals surface area contributed by atoms with Gasteiger partial charge >= 0.3 is 0 Å². The zero-order valence-corrected chi connectivity index (χ0v) is 16.7. The number of anilines is 2. The summed E-state index contributed by atoms with van der Waals surface area (Å²) >= 11 is 8.04. The molecule has 2 rings (SSSR count). The molecule has 0 aliphatic heterocycles. The normalized spacial score (nSPS) is 10.1. The van der Waals surface area contributed by atoms with Gasteiger partial charge in [0.05, 0.1) is 31.2 Å². The maximum Gasteiger partial charge on any atom is 0.256 e. The van der Waals surface area contributed by atoms with Crippen LogP contribution in [0.2, 0.25) is 5.02 Å². The molecule has 0 radical (unpaired) electrons. The molecule has 2 N–H and O–H groups in total. The van der Waals surface area contributed by atoms with Crippen molar-refractivity contribution in [3.05, 3.63) is 44.5 Å². The number of hydrogen-bond donors (Lipinski definition) is 2. The fourth-order valence-corrected chi connectivity index (χ4v) is 2.99. The molecule has 0 atom stereocenters. The predicted octanol–water partition coefficient (Wildman–Crippen LogP) is 4.17. The van der Waals surface area contributed by atoms with Gasteiger partial charge in [0.2, 0.25) is 5.91 Å². The Hall–Kier alpha value is -2.00. The van der Waals surface area contributed by atoms with Crippen molar-refractivity contribution in [3.8, 4) is 11.5 Å². The highest BCUT2D eigenvalue weighted by Crippen LogP contribution is 2.32. The van der Waals surface area contributed by atoms with Crippen LogP contribution in [-0.2, 0) is 4.79 Å². The number of carbonyl (C=O) groups excluding carboxylic acids is 2. The van der Waals surface area contributed by atoms with Crippen LogP contribution in [0.15, 0.2) is 30.3 Å². The van der Waals surface area contributed by atoms with E-state index in [1.807, 2.05) is 22.6 Å². The molecule has 2 aromatic rings. The van der Waals surface area contributed by atoms with Crippen molar-refractivity contribution in [1.82, 2.24) is 0 Å². The van der Waals surface area contributed by atoms with E-state index < -0.39 is 0 Å². The van der Waals surface area contributed by atoms with Gasteiger partial charge < -0.3 is 20.1 Å². The van der Waals surface area contributed by atoms with Gasteiger partial charge in [-0.05, 0) is 52.9 Å². The van der Waals surface area contributed by atoms with E-state index in [4.69, 9.17) is 21.1 Å². The summed E-state index contributed by atoms with van der Waals surface area (Å²) in [6, 6.07) is 8.12. The third-order valence-corrected chi connectivity index (χ3v) is 4.39. The number of rotatable bonds is 5. The van der Waals surface area contributed by atoms with E-state index >= 15 is 0 Å². The van der Waals surface area contributed by atoms with Crippen molar-refractivity contribution in [2.24, 2.45) is 0 Å². The van der Waals surface area contributed by atoms with Crippen molar-refractivity contribution in [2.45, 2.75) is 6.92 Å². The zero-order chi connectivity index (χ0) is 18.6. The lowest BCUT2D eigenvalue weighted by atomic mass is 10.1. The lowest BCUT2D eigenvalue weighted by molar-refractivity contribution is -0.114. The first-order valence-electron chi connectivity index (χ1n) is 7.15. The quantitative estimate of drug-likeness (QED) is 0.638. The van der Waals surface area contributed by atoms with Crippen molar-refractivity contribution in [1.29, 1.82) is 0 Å². The van der Waals surface area contributed by atoms with E-state index in [-0.39, 0.29) is 11.8 Å². The smallest absolute Gasteiger partial charge is 0.256 e. The number of amides is 2. The number of benzene rings is 2. The third-order valence-electron chi connectivity index (χ3n) is 3.26. The van der Waals surface area contributed by atoms with Crippen molar-refractivity contribution >= 4 is 57.4 Å². The second-order valence-electron chi connectivity index (χ2n) is 5.01. The molecule has 0 aliphatic rings. The highest BCUT2D eigenvalue weighted by atomic mass is 127. The summed E-state index contributed by atoms with van der Waals surface area (Å²) in [6.45, 7) is 1.39. The number of carbonyl (C=O) groups is 2. The van der Waals surface area contributed by atoms with Crippen LogP contribution in [-0.4, -0.2) is 26.0 Å². The average Bonchev–Trinajstić information content (AvgIpc) is 2.56. The third kappa shape index (κ3) is 4.76. The highest BCUT2D eigenvalue weighted by molar-refractivity contribution is 14.1. The Balaban J connectivity index is 2.37. The molecule has 25 heavy (non-hydrogen) atoms. The average molecular weight is 475 g/mol. The Morgan fingerprint density at radius 2 is 1.64 bits per heavy atom. The number of hydrogen-bond acceptors (Lipinski definition) is 4. The maximum atomic E-state index is 12.7. The molecule has 132 valence electrons. The summed E-state index contributed by atoms with van der Waals surface area (Å²) in [7, 11) is 3.03. The van der Waals surface area contributed by atoms with Crippen LogP contribution in [0.1, 0.15) is 17.3 Å². The SMILES string of the molecule is COc1cc(I)c(C(=O)Nc2cc(Cl)ccc2NC(C)=O)cc1OC. The van der Waals surface area contributed by atoms with E-state index in [2.05, 4.69) is 10.6 Å². The molecule has 0 unspecified atom stereocenters. The molecule has 8 heteroatoms. The van der Waals surface area contributed by atoms with Gasteiger partial charge in [-0.2, -0.15) is 0 Å². The summed E-state index contributed by atoms with van der Waals surface area (Å²) in [6.07, 6.45) is 0. The number of halogens is 2. The van der Waals surface area contributed by atoms with Gasteiger partial charge in [-0.3, -0.25) is 9.59 Å². The second-order valence-corrected chi connectivity index (χ2v) is 6.61. The molecule has 0 aliphatic carbocycles. The van der Waals surface area contributed by atoms with Crippen LogP contribution in [0.25, 0.3) is 0 Å². The zero-order valence-electron chi connectivity index (χ0n) is 13.8. The lowest BCUT2D eigenvalue weighted by Crippen LogP contribution is -2.16. The predicted molar refractivity (Wildman–Crippen MR) is 106 cm³/mol. The first kappa shape index (κ1) is 19.3. The van der Waals surface area contributed by atoms with Crippen LogP contribution < -0.4 is 20.1 Å². The minimum Gasteiger partial charge on any atom is -0.493 e. The topological polar surface area (TPSA) is 76.7 Å². The second kappa shape index (κ2) is 8.39. The maximum absolute atomic E-state index is 12.7. The number of ether oxygens (including phenoxy) is 2. The first-order chi connectivity index (χ1) is 11.8. The minimum absolute atomic E-state index is 0.251. The van der Waals surface area contributed by atoms with Gasteiger partial charge in [0.25, 0.3) is 5.91 Å². The Bertz CT molecular complexity index is 827. The van der Waals surface area contributed by atoms with Crippen LogP contribution in [0.3, 0.4) is 0 Å². The molecular formula is C17H16ClIN2O4. The van der Waals surface area contributed by atoms with E-state index in [1.54, 1.807) is 30.3 Å². The minimum atomic E-state index is -0.362. The Labute approximate surface area is 164 Å². The summed E-state index contributed by atoms with van der Waals surface area (Å²) < 4.78 is 11.2. The fraction of sp³-hybridized carbons (Fsp3) is 0.176. The fourth-order valence-electron chi connectivity index (χ4n) is 2.14. The van der Waals surface area contributed by atoms with Crippen LogP contribution >= 0.6 is 34.2 Å². The Morgan fingerprint density at radius 1 is 1.00 bits per heavy atom. The summed E-state index contributed by atoms with van der Waals surface area (Å²) in [5, 5.41) is 5.85. The van der Waals surface area contributed by atoms with E-state index in [9.17, 15) is 9.59 Å². The van der Waals surface area contributed by atoms with Crippen LogP contribution in [0, 0.1) is 3.57 Å². The molecule has 0 heterocycles. The van der Waals surface area contributed by atoms with Crippen molar-refractivity contribution in [3.63, 3.8) is 0 Å². The molecule has 2 aromatic carbocycles. The number of methoxy groups -OCH3 is 2. The van der Waals surface area contributed by atoms with Gasteiger partial charge in [0.15, 0.2) is 11.5 Å². The molecule has 0 spiro atoms. The van der Waals surface area contributed by atoms with Gasteiger partial charge in [0.1, 0.15) is 0 Å². The first-order valence-corrected chi connectivity index (χ1v) is 8.61. The standard InChI is InChI=1S/C17H16ClIN2O4/c1-9(22)20-13-5-4-10(18)6-14(13)21-17(23)11-7-15(24-2)16(25-3)8-12(11)19/h4-8H,1-3H3,(H,20,22)(H,21,23). The summed E-state index contributed by atoms with van der Waals surface area (Å²) in [4.78, 5) is 24.0. The molecule has 2 amide bonds. The highest BCUT2D eigenvalue weighted by Gasteiger charge is 2.17. The Morgan fingerprint density at radius 3 is 2.24 bits per heavy atom. The summed E-state index contributed by atoms with van der Waals surface area (Å²) in [5.41, 5.74) is 1.27.